The molecule has 0 fully saturated rings. The molecule has 4 atom stereocenters. The molecule has 0 aliphatic rings. The van der Waals surface area contributed by atoms with Gasteiger partial charge in [0.15, 0.2) is 5.96 Å². The maximum absolute atomic E-state index is 13.5. The highest BCUT2D eigenvalue weighted by Crippen LogP contribution is 2.07. The molecule has 15 heteroatoms. The Balaban J connectivity index is 2.19. The van der Waals surface area contributed by atoms with Crippen LogP contribution in [0.2, 0.25) is 0 Å². The number of aromatic nitrogens is 2. The number of rotatable bonds is 19. The highest BCUT2D eigenvalue weighted by atomic mass is 16.4. The average Bonchev–Trinajstić information content (AvgIpc) is 3.47. The lowest BCUT2D eigenvalue weighted by Gasteiger charge is -2.25. The summed E-state index contributed by atoms with van der Waals surface area (Å²) in [6, 6.07) is 4.83. The van der Waals surface area contributed by atoms with E-state index in [0.29, 0.717) is 31.5 Å². The summed E-state index contributed by atoms with van der Waals surface area (Å²) in [7, 11) is 0. The second-order valence-corrected chi connectivity index (χ2v) is 9.83. The summed E-state index contributed by atoms with van der Waals surface area (Å²) in [6.45, 7) is 0.600. The summed E-state index contributed by atoms with van der Waals surface area (Å²) in [4.78, 5) is 62.2. The van der Waals surface area contributed by atoms with Gasteiger partial charge < -0.3 is 49.0 Å². The fraction of sp³-hybridized carbons (Fsp3) is 0.481. The van der Waals surface area contributed by atoms with Crippen molar-refractivity contribution >= 4 is 29.7 Å². The number of nitrogens with zero attached hydrogens (tertiary/aromatic N) is 2. The second-order valence-electron chi connectivity index (χ2n) is 9.83. The Morgan fingerprint density at radius 1 is 0.881 bits per heavy atom. The highest BCUT2D eigenvalue weighted by molar-refractivity contribution is 5.94. The minimum Gasteiger partial charge on any atom is -0.480 e. The van der Waals surface area contributed by atoms with Crippen molar-refractivity contribution in [2.24, 2.45) is 27.9 Å². The van der Waals surface area contributed by atoms with Gasteiger partial charge >= 0.3 is 5.97 Å². The van der Waals surface area contributed by atoms with E-state index >= 15 is 0 Å². The summed E-state index contributed by atoms with van der Waals surface area (Å²) >= 11 is 0. The van der Waals surface area contributed by atoms with Crippen LogP contribution in [0.5, 0.6) is 0 Å². The molecule has 0 radical (unpaired) electrons. The number of carboxylic acids is 1. The number of imidazole rings is 1. The van der Waals surface area contributed by atoms with Gasteiger partial charge in [0.2, 0.25) is 17.7 Å². The molecular weight excluding hydrogens is 544 g/mol. The fourth-order valence-corrected chi connectivity index (χ4v) is 4.13. The molecule has 4 unspecified atom stereocenters. The molecule has 1 aromatic heterocycles. The number of carbonyl (C=O) groups excluding carboxylic acids is 3. The Kier molecular flexibility index (Phi) is 14.5. The van der Waals surface area contributed by atoms with Crippen LogP contribution in [0.3, 0.4) is 0 Å². The number of unbranched alkanes of at least 4 members (excludes halogenated alkanes) is 1. The van der Waals surface area contributed by atoms with Crippen LogP contribution < -0.4 is 38.9 Å². The third-order valence-corrected chi connectivity index (χ3v) is 6.39. The first kappa shape index (κ1) is 33.7. The van der Waals surface area contributed by atoms with Gasteiger partial charge in [-0.25, -0.2) is 9.78 Å². The number of aliphatic carboxylic acids is 1. The molecule has 0 bridgehead atoms. The predicted molar refractivity (Wildman–Crippen MR) is 157 cm³/mol. The van der Waals surface area contributed by atoms with Gasteiger partial charge in [-0.05, 0) is 50.6 Å². The molecule has 0 saturated carbocycles. The molecule has 2 rings (SSSR count). The van der Waals surface area contributed by atoms with Crippen molar-refractivity contribution < 1.29 is 24.3 Å². The average molecular weight is 587 g/mol. The van der Waals surface area contributed by atoms with E-state index < -0.39 is 47.9 Å². The monoisotopic (exact) mass is 586 g/mol. The van der Waals surface area contributed by atoms with Crippen molar-refractivity contribution in [3.63, 3.8) is 0 Å². The lowest BCUT2D eigenvalue weighted by molar-refractivity contribution is -0.142. The number of H-pyrrole nitrogens is 1. The Hall–Kier alpha value is -4.50. The van der Waals surface area contributed by atoms with Gasteiger partial charge in [-0.1, -0.05) is 30.3 Å². The first-order valence-electron chi connectivity index (χ1n) is 13.8. The van der Waals surface area contributed by atoms with Crippen LogP contribution >= 0.6 is 0 Å². The highest BCUT2D eigenvalue weighted by Gasteiger charge is 2.30. The number of amides is 3. The van der Waals surface area contributed by atoms with Gasteiger partial charge in [0.25, 0.3) is 0 Å². The number of carbonyl (C=O) groups is 4. The van der Waals surface area contributed by atoms with E-state index in [1.165, 1.54) is 12.5 Å². The molecule has 13 N–H and O–H groups in total. The molecule has 0 aliphatic heterocycles. The molecular formula is C27H42N10O5. The molecule has 42 heavy (non-hydrogen) atoms. The normalized spacial score (nSPS) is 13.7. The Labute approximate surface area is 244 Å². The number of carboxylic acid groups (broad SMARTS) is 1. The number of hydrogen-bond acceptors (Lipinski definition) is 8. The standard InChI is InChI=1S/C27H42N10O5/c28-11-5-4-9-21(26(41)42)36-25(40)22(14-18-15-32-16-34-18)37-24(39)20(10-6-12-33-27(30)31)35-23(38)19(29)13-17-7-2-1-3-8-17/h1-3,7-8,15-16,19-22H,4-6,9-14,28-29H2,(H,32,34)(H,35,38)(H,36,40)(H,37,39)(H,41,42)(H4,30,31,33). The van der Waals surface area contributed by atoms with Crippen molar-refractivity contribution in [3.8, 4) is 0 Å². The van der Waals surface area contributed by atoms with Gasteiger partial charge in [-0.15, -0.1) is 0 Å². The zero-order valence-corrected chi connectivity index (χ0v) is 23.5. The van der Waals surface area contributed by atoms with E-state index in [2.05, 4.69) is 30.9 Å². The summed E-state index contributed by atoms with van der Waals surface area (Å²) in [5.41, 5.74) is 23.8. The fourth-order valence-electron chi connectivity index (χ4n) is 4.13. The minimum atomic E-state index is -1.20. The minimum absolute atomic E-state index is 0.00506. The third kappa shape index (κ3) is 12.3. The number of benzene rings is 1. The first-order chi connectivity index (χ1) is 20.1. The van der Waals surface area contributed by atoms with Gasteiger partial charge in [0, 0.05) is 24.9 Å². The number of aromatic amines is 1. The van der Waals surface area contributed by atoms with Gasteiger partial charge in [0.1, 0.15) is 18.1 Å². The SMILES string of the molecule is NCCCCC(NC(=O)C(Cc1cnc[nH]1)NC(=O)C(CCCN=C(N)N)NC(=O)C(N)Cc1ccccc1)C(=O)O. The Morgan fingerprint density at radius 2 is 1.52 bits per heavy atom. The number of nitrogens with one attached hydrogen (secondary N) is 4. The summed E-state index contributed by atoms with van der Waals surface area (Å²) in [6.07, 6.45) is 4.89. The maximum Gasteiger partial charge on any atom is 0.326 e. The van der Waals surface area contributed by atoms with Gasteiger partial charge in [0.05, 0.1) is 12.4 Å². The topological polar surface area (TPSA) is 270 Å². The van der Waals surface area contributed by atoms with E-state index in [9.17, 15) is 24.3 Å². The summed E-state index contributed by atoms with van der Waals surface area (Å²) in [5.74, 6) is -3.23. The third-order valence-electron chi connectivity index (χ3n) is 6.39. The molecule has 1 aromatic carbocycles. The van der Waals surface area contributed by atoms with Crippen molar-refractivity contribution in [1.82, 2.24) is 25.9 Å². The van der Waals surface area contributed by atoms with Crippen LogP contribution in [0, 0.1) is 0 Å². The molecule has 0 saturated heterocycles. The molecule has 15 nitrogen and oxygen atoms in total. The van der Waals surface area contributed by atoms with Crippen LogP contribution in [0.4, 0.5) is 0 Å². The second kappa shape index (κ2) is 18.0. The summed E-state index contributed by atoms with van der Waals surface area (Å²) in [5, 5.41) is 17.4. The van der Waals surface area contributed by atoms with Crippen molar-refractivity contribution in [2.75, 3.05) is 13.1 Å². The number of guanidine groups is 1. The Morgan fingerprint density at radius 3 is 2.14 bits per heavy atom. The largest absolute Gasteiger partial charge is 0.480 e. The van der Waals surface area contributed by atoms with E-state index in [4.69, 9.17) is 22.9 Å². The van der Waals surface area contributed by atoms with Gasteiger partial charge in [-0.3, -0.25) is 19.4 Å². The Bertz CT molecular complexity index is 1160. The smallest absolute Gasteiger partial charge is 0.326 e. The van der Waals surface area contributed by atoms with Crippen molar-refractivity contribution in [1.29, 1.82) is 0 Å². The number of aliphatic imine (C=N–C) groups is 1. The van der Waals surface area contributed by atoms with E-state index in [1.54, 1.807) is 0 Å². The molecule has 1 heterocycles. The van der Waals surface area contributed by atoms with E-state index in [1.807, 2.05) is 30.3 Å². The zero-order chi connectivity index (χ0) is 30.9. The van der Waals surface area contributed by atoms with Crippen LogP contribution in [-0.2, 0) is 32.0 Å². The van der Waals surface area contributed by atoms with Crippen LogP contribution in [-0.4, -0.2) is 82.0 Å². The van der Waals surface area contributed by atoms with E-state index in [-0.39, 0.29) is 38.2 Å². The molecule has 0 aliphatic carbocycles. The molecule has 2 aromatic rings. The molecule has 0 spiro atoms. The van der Waals surface area contributed by atoms with Crippen molar-refractivity contribution in [2.45, 2.75) is 69.1 Å². The zero-order valence-electron chi connectivity index (χ0n) is 23.5. The quantitative estimate of drug-likeness (QED) is 0.0508. The number of nitrogens with two attached hydrogens (primary N) is 4. The van der Waals surface area contributed by atoms with E-state index in [0.717, 1.165) is 5.56 Å². The van der Waals surface area contributed by atoms with Crippen LogP contribution in [0.15, 0.2) is 47.8 Å². The summed E-state index contributed by atoms with van der Waals surface area (Å²) < 4.78 is 0. The predicted octanol–water partition coefficient (Wildman–Crippen LogP) is -1.76. The maximum atomic E-state index is 13.5. The lowest BCUT2D eigenvalue weighted by Crippen LogP contribution is -2.57. The molecule has 230 valence electrons. The van der Waals surface area contributed by atoms with Crippen LogP contribution in [0.1, 0.15) is 43.4 Å². The van der Waals surface area contributed by atoms with Crippen LogP contribution in [0.25, 0.3) is 0 Å². The van der Waals surface area contributed by atoms with Crippen molar-refractivity contribution in [3.05, 3.63) is 54.1 Å². The lowest BCUT2D eigenvalue weighted by atomic mass is 10.0. The number of hydrogen-bond donors (Lipinski definition) is 9. The van der Waals surface area contributed by atoms with Gasteiger partial charge in [-0.2, -0.15) is 0 Å². The first-order valence-corrected chi connectivity index (χ1v) is 13.8. The molecule has 3 amide bonds.